The minimum atomic E-state index is -0.324. The van der Waals surface area contributed by atoms with Gasteiger partial charge in [0.25, 0.3) is 0 Å². The van der Waals surface area contributed by atoms with Gasteiger partial charge < -0.3 is 5.32 Å². The lowest BCUT2D eigenvalue weighted by Crippen LogP contribution is -1.96. The van der Waals surface area contributed by atoms with Crippen molar-refractivity contribution in [1.82, 2.24) is 4.98 Å². The molecule has 0 fully saturated rings. The molecule has 90 valence electrons. The second-order valence-corrected chi connectivity index (χ2v) is 4.60. The second kappa shape index (κ2) is 5.15. The molecule has 0 aliphatic heterocycles. The molecule has 0 saturated carbocycles. The standard InChI is InChI=1S/C13H9BrFN3/c1-8-4-9(7-16)5-13(17-8)18-10-2-3-12(15)11(14)6-10/h2-6H,1H3,(H,17,18). The van der Waals surface area contributed by atoms with Crippen LogP contribution < -0.4 is 5.32 Å². The molecule has 0 spiro atoms. The molecule has 2 aromatic rings. The zero-order valence-electron chi connectivity index (χ0n) is 9.54. The highest BCUT2D eigenvalue weighted by atomic mass is 79.9. The van der Waals surface area contributed by atoms with E-state index in [0.717, 1.165) is 5.69 Å². The van der Waals surface area contributed by atoms with E-state index in [4.69, 9.17) is 5.26 Å². The summed E-state index contributed by atoms with van der Waals surface area (Å²) in [5, 5.41) is 11.9. The van der Waals surface area contributed by atoms with Crippen LogP contribution in [0.25, 0.3) is 0 Å². The Morgan fingerprint density at radius 1 is 1.33 bits per heavy atom. The van der Waals surface area contributed by atoms with E-state index >= 15 is 0 Å². The molecule has 1 N–H and O–H groups in total. The lowest BCUT2D eigenvalue weighted by atomic mass is 10.2. The summed E-state index contributed by atoms with van der Waals surface area (Å²) in [7, 11) is 0. The third kappa shape index (κ3) is 2.84. The van der Waals surface area contributed by atoms with E-state index < -0.39 is 0 Å². The Balaban J connectivity index is 2.31. The summed E-state index contributed by atoms with van der Waals surface area (Å²) < 4.78 is 13.5. The Labute approximate surface area is 112 Å². The van der Waals surface area contributed by atoms with Crippen LogP contribution in [-0.4, -0.2) is 4.98 Å². The number of aromatic nitrogens is 1. The molecule has 0 radical (unpaired) electrons. The van der Waals surface area contributed by atoms with Crippen LogP contribution in [0, 0.1) is 24.1 Å². The quantitative estimate of drug-likeness (QED) is 0.915. The van der Waals surface area contributed by atoms with Gasteiger partial charge in [0.15, 0.2) is 0 Å². The number of benzene rings is 1. The smallest absolute Gasteiger partial charge is 0.137 e. The van der Waals surface area contributed by atoms with E-state index in [9.17, 15) is 4.39 Å². The molecule has 1 aromatic heterocycles. The van der Waals surface area contributed by atoms with E-state index in [2.05, 4.69) is 32.3 Å². The molecule has 0 aliphatic carbocycles. The van der Waals surface area contributed by atoms with Crippen molar-refractivity contribution in [2.45, 2.75) is 6.92 Å². The van der Waals surface area contributed by atoms with Gasteiger partial charge in [0.05, 0.1) is 16.1 Å². The maximum atomic E-state index is 13.1. The Morgan fingerprint density at radius 2 is 2.11 bits per heavy atom. The third-order valence-electron chi connectivity index (χ3n) is 2.27. The lowest BCUT2D eigenvalue weighted by Gasteiger charge is -2.07. The van der Waals surface area contributed by atoms with Crippen molar-refractivity contribution in [3.63, 3.8) is 0 Å². The summed E-state index contributed by atoms with van der Waals surface area (Å²) in [6.45, 7) is 1.81. The van der Waals surface area contributed by atoms with Crippen LogP contribution in [0.1, 0.15) is 11.3 Å². The largest absolute Gasteiger partial charge is 0.340 e. The van der Waals surface area contributed by atoms with E-state index in [-0.39, 0.29) is 5.82 Å². The SMILES string of the molecule is Cc1cc(C#N)cc(Nc2ccc(F)c(Br)c2)n1. The predicted octanol–water partition coefficient (Wildman–Crippen LogP) is 3.91. The molecule has 0 unspecified atom stereocenters. The van der Waals surface area contributed by atoms with E-state index in [0.29, 0.717) is 21.5 Å². The van der Waals surface area contributed by atoms with E-state index in [1.54, 1.807) is 24.3 Å². The number of hydrogen-bond donors (Lipinski definition) is 1. The minimum absolute atomic E-state index is 0.324. The second-order valence-electron chi connectivity index (χ2n) is 3.75. The van der Waals surface area contributed by atoms with Gasteiger partial charge in [-0.25, -0.2) is 9.37 Å². The van der Waals surface area contributed by atoms with Crippen molar-refractivity contribution in [2.24, 2.45) is 0 Å². The first kappa shape index (κ1) is 12.5. The Morgan fingerprint density at radius 3 is 2.78 bits per heavy atom. The van der Waals surface area contributed by atoms with Gasteiger partial charge >= 0.3 is 0 Å². The third-order valence-corrected chi connectivity index (χ3v) is 2.88. The highest BCUT2D eigenvalue weighted by Crippen LogP contribution is 2.22. The van der Waals surface area contributed by atoms with Crippen LogP contribution in [0.15, 0.2) is 34.8 Å². The highest BCUT2D eigenvalue weighted by Gasteiger charge is 2.03. The number of nitrogens with zero attached hydrogens (tertiary/aromatic N) is 2. The molecule has 0 amide bonds. The minimum Gasteiger partial charge on any atom is -0.340 e. The van der Waals surface area contributed by atoms with E-state index in [1.807, 2.05) is 6.92 Å². The molecule has 0 atom stereocenters. The van der Waals surface area contributed by atoms with Crippen LogP contribution in [0.5, 0.6) is 0 Å². The molecule has 3 nitrogen and oxygen atoms in total. The van der Waals surface area contributed by atoms with Crippen molar-refractivity contribution in [1.29, 1.82) is 5.26 Å². The number of nitrogens with one attached hydrogen (secondary N) is 1. The number of aryl methyl sites for hydroxylation is 1. The van der Waals surface area contributed by atoms with Crippen molar-refractivity contribution < 1.29 is 4.39 Å². The maximum absolute atomic E-state index is 13.1. The number of nitriles is 1. The van der Waals surface area contributed by atoms with Gasteiger partial charge in [-0.15, -0.1) is 0 Å². The van der Waals surface area contributed by atoms with Crippen LogP contribution in [0.4, 0.5) is 15.9 Å². The fraction of sp³-hybridized carbons (Fsp3) is 0.0769. The molecule has 18 heavy (non-hydrogen) atoms. The zero-order valence-corrected chi connectivity index (χ0v) is 11.1. The summed E-state index contributed by atoms with van der Waals surface area (Å²) in [4.78, 5) is 4.26. The van der Waals surface area contributed by atoms with E-state index in [1.165, 1.54) is 6.07 Å². The predicted molar refractivity (Wildman–Crippen MR) is 71.1 cm³/mol. The van der Waals surface area contributed by atoms with Gasteiger partial charge in [-0.2, -0.15) is 5.26 Å². The summed E-state index contributed by atoms with van der Waals surface area (Å²) in [5.74, 6) is 0.237. The summed E-state index contributed by atoms with van der Waals surface area (Å²) in [6, 6.07) is 9.99. The fourth-order valence-electron chi connectivity index (χ4n) is 1.52. The molecular weight excluding hydrogens is 297 g/mol. The number of halogens is 2. The Hall–Kier alpha value is -1.93. The van der Waals surface area contributed by atoms with Crippen LogP contribution >= 0.6 is 15.9 Å². The molecular formula is C13H9BrFN3. The van der Waals surface area contributed by atoms with Crippen molar-refractivity contribution in [2.75, 3.05) is 5.32 Å². The van der Waals surface area contributed by atoms with Gasteiger partial charge in [-0.3, -0.25) is 0 Å². The van der Waals surface area contributed by atoms with Gasteiger partial charge in [0, 0.05) is 11.4 Å². The van der Waals surface area contributed by atoms with Crippen LogP contribution in [0.2, 0.25) is 0 Å². The molecule has 1 aromatic carbocycles. The number of anilines is 2. The van der Waals surface area contributed by atoms with Gasteiger partial charge in [-0.05, 0) is 53.2 Å². The van der Waals surface area contributed by atoms with Crippen molar-refractivity contribution in [3.05, 3.63) is 51.9 Å². The summed E-state index contributed by atoms with van der Waals surface area (Å²) in [6.07, 6.45) is 0. The van der Waals surface area contributed by atoms with Crippen LogP contribution in [0.3, 0.4) is 0 Å². The fourth-order valence-corrected chi connectivity index (χ4v) is 1.90. The molecule has 0 bridgehead atoms. The lowest BCUT2D eigenvalue weighted by molar-refractivity contribution is 0.621. The summed E-state index contributed by atoms with van der Waals surface area (Å²) in [5.41, 5.74) is 1.98. The first-order valence-corrected chi connectivity index (χ1v) is 5.98. The molecule has 0 saturated heterocycles. The van der Waals surface area contributed by atoms with Gasteiger partial charge in [0.2, 0.25) is 0 Å². The number of hydrogen-bond acceptors (Lipinski definition) is 3. The maximum Gasteiger partial charge on any atom is 0.137 e. The Kier molecular flexibility index (Phi) is 3.58. The van der Waals surface area contributed by atoms with Crippen molar-refractivity contribution in [3.8, 4) is 6.07 Å². The molecule has 1 heterocycles. The first-order chi connectivity index (χ1) is 8.58. The average molecular weight is 306 g/mol. The number of rotatable bonds is 2. The normalized spacial score (nSPS) is 9.89. The van der Waals surface area contributed by atoms with Gasteiger partial charge in [-0.1, -0.05) is 0 Å². The average Bonchev–Trinajstić information content (AvgIpc) is 2.33. The summed E-state index contributed by atoms with van der Waals surface area (Å²) >= 11 is 3.11. The molecule has 0 aliphatic rings. The molecule has 5 heteroatoms. The van der Waals surface area contributed by atoms with Crippen molar-refractivity contribution >= 4 is 27.4 Å². The first-order valence-electron chi connectivity index (χ1n) is 5.19. The van der Waals surface area contributed by atoms with Crippen LogP contribution in [-0.2, 0) is 0 Å². The highest BCUT2D eigenvalue weighted by molar-refractivity contribution is 9.10. The molecule has 2 rings (SSSR count). The zero-order chi connectivity index (χ0) is 13.1. The van der Waals surface area contributed by atoms with Gasteiger partial charge in [0.1, 0.15) is 11.6 Å². The monoisotopic (exact) mass is 305 g/mol. The number of pyridine rings is 1. The topological polar surface area (TPSA) is 48.7 Å². The Bertz CT molecular complexity index is 635.